The number of nitrogens with one attached hydrogen (secondary N) is 1. The number of hydrogen-bond acceptors (Lipinski definition) is 3. The number of aromatic nitrogens is 1. The van der Waals surface area contributed by atoms with Crippen LogP contribution < -0.4 is 5.32 Å². The zero-order valence-corrected chi connectivity index (χ0v) is 20.4. The Labute approximate surface area is 199 Å². The van der Waals surface area contributed by atoms with Gasteiger partial charge in [-0.05, 0) is 61.6 Å². The highest BCUT2D eigenvalue weighted by Crippen LogP contribution is 2.35. The molecule has 1 fully saturated rings. The molecule has 0 radical (unpaired) electrons. The van der Waals surface area contributed by atoms with Crippen molar-refractivity contribution in [3.05, 3.63) is 59.1 Å². The summed E-state index contributed by atoms with van der Waals surface area (Å²) in [6.45, 7) is 5.25. The van der Waals surface area contributed by atoms with Crippen LogP contribution in [0.15, 0.2) is 47.8 Å². The second kappa shape index (κ2) is 8.98. The first-order valence-corrected chi connectivity index (χ1v) is 13.1. The van der Waals surface area contributed by atoms with Crippen molar-refractivity contribution in [2.24, 2.45) is 5.92 Å². The molecule has 0 bridgehead atoms. The van der Waals surface area contributed by atoms with E-state index >= 15 is 0 Å². The van der Waals surface area contributed by atoms with Crippen LogP contribution in [0.1, 0.15) is 62.0 Å². The van der Waals surface area contributed by atoms with Gasteiger partial charge in [0.15, 0.2) is 0 Å². The molecule has 3 atom stereocenters. The normalized spacial score (nSPS) is 25.3. The molecular formula is C27H33N3O2S. The number of amides is 2. The van der Waals surface area contributed by atoms with Gasteiger partial charge in [-0.3, -0.25) is 9.59 Å². The average Bonchev–Trinajstić information content (AvgIpc) is 3.41. The van der Waals surface area contributed by atoms with Crippen molar-refractivity contribution in [2.45, 2.75) is 70.5 Å². The molecule has 33 heavy (non-hydrogen) atoms. The number of thiophene rings is 1. The Morgan fingerprint density at radius 1 is 1.18 bits per heavy atom. The van der Waals surface area contributed by atoms with E-state index in [1.807, 2.05) is 36.1 Å². The van der Waals surface area contributed by atoms with Crippen LogP contribution in [0.25, 0.3) is 10.2 Å². The summed E-state index contributed by atoms with van der Waals surface area (Å²) in [4.78, 5) is 29.4. The molecule has 3 heterocycles. The average molecular weight is 464 g/mol. The maximum Gasteiger partial charge on any atom is 0.271 e. The van der Waals surface area contributed by atoms with Crippen LogP contribution in [0, 0.1) is 5.92 Å². The summed E-state index contributed by atoms with van der Waals surface area (Å²) in [6, 6.07) is 14.6. The van der Waals surface area contributed by atoms with E-state index in [1.54, 1.807) is 11.3 Å². The van der Waals surface area contributed by atoms with Gasteiger partial charge in [0.2, 0.25) is 5.91 Å². The van der Waals surface area contributed by atoms with Gasteiger partial charge in [0.05, 0.1) is 16.8 Å². The first-order valence-electron chi connectivity index (χ1n) is 12.2. The predicted octanol–water partition coefficient (Wildman–Crippen LogP) is 5.25. The molecular weight excluding hydrogens is 430 g/mol. The van der Waals surface area contributed by atoms with E-state index < -0.39 is 5.54 Å². The summed E-state index contributed by atoms with van der Waals surface area (Å²) in [5.41, 5.74) is 2.10. The van der Waals surface area contributed by atoms with Crippen LogP contribution in [0.4, 0.5) is 0 Å². The van der Waals surface area contributed by atoms with Gasteiger partial charge in [-0.15, -0.1) is 11.3 Å². The molecule has 2 amide bonds. The Bertz CT molecular complexity index is 1150. The van der Waals surface area contributed by atoms with Gasteiger partial charge in [-0.1, -0.05) is 50.1 Å². The zero-order chi connectivity index (χ0) is 23.0. The molecule has 3 aromatic rings. The molecule has 1 aliphatic heterocycles. The SMILES string of the molecule is CC1CCCCC1NC(=O)C1(C)Cn2c(cc3sccc32)C(=O)N1CCCc1ccccc1. The van der Waals surface area contributed by atoms with Gasteiger partial charge < -0.3 is 14.8 Å². The number of fused-ring (bicyclic) bond motifs is 3. The Kier molecular flexibility index (Phi) is 6.04. The van der Waals surface area contributed by atoms with E-state index in [0.717, 1.165) is 42.3 Å². The first kappa shape index (κ1) is 22.2. The van der Waals surface area contributed by atoms with Gasteiger partial charge in [0.1, 0.15) is 11.2 Å². The van der Waals surface area contributed by atoms with Crippen molar-refractivity contribution in [2.75, 3.05) is 6.54 Å². The molecule has 1 aliphatic carbocycles. The zero-order valence-electron chi connectivity index (χ0n) is 19.5. The summed E-state index contributed by atoms with van der Waals surface area (Å²) in [7, 11) is 0. The predicted molar refractivity (Wildman–Crippen MR) is 134 cm³/mol. The number of rotatable bonds is 6. The molecule has 1 saturated carbocycles. The second-order valence-corrected chi connectivity index (χ2v) is 10.9. The monoisotopic (exact) mass is 463 g/mol. The highest BCUT2D eigenvalue weighted by atomic mass is 32.1. The lowest BCUT2D eigenvalue weighted by atomic mass is 9.85. The van der Waals surface area contributed by atoms with E-state index in [1.165, 1.54) is 12.0 Å². The lowest BCUT2D eigenvalue weighted by molar-refractivity contribution is -0.134. The smallest absolute Gasteiger partial charge is 0.271 e. The van der Waals surface area contributed by atoms with Crippen LogP contribution >= 0.6 is 11.3 Å². The van der Waals surface area contributed by atoms with Crippen LogP contribution in [0.2, 0.25) is 0 Å². The number of carbonyl (C=O) groups is 2. The van der Waals surface area contributed by atoms with Crippen LogP contribution in [0.5, 0.6) is 0 Å². The minimum atomic E-state index is -0.911. The minimum Gasteiger partial charge on any atom is -0.351 e. The molecule has 0 saturated heterocycles. The summed E-state index contributed by atoms with van der Waals surface area (Å²) in [5, 5.41) is 5.41. The molecule has 174 valence electrons. The van der Waals surface area contributed by atoms with Crippen molar-refractivity contribution in [1.82, 2.24) is 14.8 Å². The molecule has 5 nitrogen and oxygen atoms in total. The Hall–Kier alpha value is -2.60. The summed E-state index contributed by atoms with van der Waals surface area (Å²) in [5.74, 6) is 0.423. The molecule has 1 aromatic carbocycles. The van der Waals surface area contributed by atoms with Crippen LogP contribution in [-0.4, -0.2) is 39.4 Å². The van der Waals surface area contributed by atoms with Crippen molar-refractivity contribution >= 4 is 33.4 Å². The van der Waals surface area contributed by atoms with E-state index in [9.17, 15) is 9.59 Å². The Morgan fingerprint density at radius 3 is 2.76 bits per heavy atom. The minimum absolute atomic E-state index is 0.0166. The number of aryl methyl sites for hydroxylation is 1. The van der Waals surface area contributed by atoms with Crippen LogP contribution in [0.3, 0.4) is 0 Å². The van der Waals surface area contributed by atoms with Gasteiger partial charge >= 0.3 is 0 Å². The highest BCUT2D eigenvalue weighted by molar-refractivity contribution is 7.17. The number of benzene rings is 1. The van der Waals surface area contributed by atoms with E-state index in [4.69, 9.17) is 0 Å². The van der Waals surface area contributed by atoms with Crippen molar-refractivity contribution in [3.63, 3.8) is 0 Å². The highest BCUT2D eigenvalue weighted by Gasteiger charge is 2.48. The topological polar surface area (TPSA) is 54.3 Å². The first-order chi connectivity index (χ1) is 16.0. The third-order valence-corrected chi connectivity index (χ3v) is 8.51. The summed E-state index contributed by atoms with van der Waals surface area (Å²) in [6.07, 6.45) is 6.28. The summed E-state index contributed by atoms with van der Waals surface area (Å²) < 4.78 is 3.17. The molecule has 3 unspecified atom stereocenters. The van der Waals surface area contributed by atoms with Crippen molar-refractivity contribution < 1.29 is 9.59 Å². The van der Waals surface area contributed by atoms with Crippen LogP contribution in [-0.2, 0) is 17.8 Å². The molecule has 2 aromatic heterocycles. The lowest BCUT2D eigenvalue weighted by Gasteiger charge is -2.45. The fourth-order valence-electron chi connectivity index (χ4n) is 5.56. The quantitative estimate of drug-likeness (QED) is 0.543. The fourth-order valence-corrected chi connectivity index (χ4v) is 6.39. The maximum absolute atomic E-state index is 13.8. The Balaban J connectivity index is 1.43. The van der Waals surface area contributed by atoms with Crippen molar-refractivity contribution in [1.29, 1.82) is 0 Å². The summed E-state index contributed by atoms with van der Waals surface area (Å²) >= 11 is 1.64. The maximum atomic E-state index is 13.8. The second-order valence-electron chi connectivity index (χ2n) is 9.95. The molecule has 6 heteroatoms. The third kappa shape index (κ3) is 4.10. The third-order valence-electron chi connectivity index (χ3n) is 7.66. The molecule has 0 spiro atoms. The molecule has 5 rings (SSSR count). The largest absolute Gasteiger partial charge is 0.351 e. The van der Waals surface area contributed by atoms with Crippen molar-refractivity contribution in [3.8, 4) is 0 Å². The van der Waals surface area contributed by atoms with Gasteiger partial charge in [-0.2, -0.15) is 0 Å². The van der Waals surface area contributed by atoms with E-state index in [0.29, 0.717) is 24.7 Å². The standard InChI is InChI=1S/C27H33N3O2S/c1-19-9-6-7-13-21(19)28-26(32)27(2)18-29-22-14-16-33-24(22)17-23(29)25(31)30(27)15-8-12-20-10-4-3-5-11-20/h3-5,10-11,14,16-17,19,21H,6-9,12-13,15,18H2,1-2H3,(H,28,32). The van der Waals surface area contributed by atoms with Gasteiger partial charge in [0, 0.05) is 12.6 Å². The number of nitrogens with zero attached hydrogens (tertiary/aromatic N) is 2. The van der Waals surface area contributed by atoms with Gasteiger partial charge in [-0.25, -0.2) is 0 Å². The molecule has 2 aliphatic rings. The molecule has 1 N–H and O–H groups in total. The number of hydrogen-bond donors (Lipinski definition) is 1. The lowest BCUT2D eigenvalue weighted by Crippen LogP contribution is -2.65. The van der Waals surface area contributed by atoms with E-state index in [-0.39, 0.29) is 17.9 Å². The fraction of sp³-hybridized carbons (Fsp3) is 0.481. The number of carbonyl (C=O) groups excluding carboxylic acids is 2. The Morgan fingerprint density at radius 2 is 1.97 bits per heavy atom. The van der Waals surface area contributed by atoms with E-state index in [2.05, 4.69) is 40.4 Å². The van der Waals surface area contributed by atoms with Gasteiger partial charge in [0.25, 0.3) is 5.91 Å².